The number of benzene rings is 4. The second-order valence-corrected chi connectivity index (χ2v) is 13.6. The van der Waals surface area contributed by atoms with Gasteiger partial charge in [0, 0.05) is 11.1 Å². The molecule has 0 radical (unpaired) electrons. The minimum Gasteiger partial charge on any atom is -0.488 e. The lowest BCUT2D eigenvalue weighted by atomic mass is 9.76. The minimum absolute atomic E-state index is 0.179. The van der Waals surface area contributed by atoms with E-state index < -0.39 is 0 Å². The fourth-order valence-corrected chi connectivity index (χ4v) is 6.03. The number of aromatic nitrogens is 2. The maximum absolute atomic E-state index is 6.23. The zero-order chi connectivity index (χ0) is 33.7. The Morgan fingerprint density at radius 3 is 1.50 bits per heavy atom. The molecule has 48 heavy (non-hydrogen) atoms. The molecule has 0 spiro atoms. The van der Waals surface area contributed by atoms with Crippen molar-refractivity contribution in [1.29, 1.82) is 0 Å². The van der Waals surface area contributed by atoms with Crippen molar-refractivity contribution in [2.75, 3.05) is 0 Å². The maximum Gasteiger partial charge on any atom is 0.248 e. The number of rotatable bonds is 15. The average molecular weight is 647 g/mol. The summed E-state index contributed by atoms with van der Waals surface area (Å²) in [6.07, 6.45) is 6.13. The van der Waals surface area contributed by atoms with E-state index >= 15 is 0 Å². The molecule has 2 heterocycles. The van der Waals surface area contributed by atoms with Gasteiger partial charge in [-0.3, -0.25) is 0 Å². The van der Waals surface area contributed by atoms with E-state index in [2.05, 4.69) is 76.0 Å². The van der Waals surface area contributed by atoms with E-state index in [-0.39, 0.29) is 11.0 Å². The summed E-state index contributed by atoms with van der Waals surface area (Å²) in [5.74, 6) is 4.64. The summed E-state index contributed by atoms with van der Waals surface area (Å²) in [6, 6.07) is 31.4. The van der Waals surface area contributed by atoms with E-state index in [0.717, 1.165) is 54.7 Å². The first-order chi connectivity index (χ1) is 23.1. The highest BCUT2D eigenvalue weighted by Crippen LogP contribution is 2.35. The molecule has 1 aliphatic heterocycles. The lowest BCUT2D eigenvalue weighted by Gasteiger charge is -2.28. The van der Waals surface area contributed by atoms with Crippen molar-refractivity contribution in [3.63, 3.8) is 0 Å². The molecule has 3 unspecified atom stereocenters. The van der Waals surface area contributed by atoms with Gasteiger partial charge in [0.15, 0.2) is 0 Å². The highest BCUT2D eigenvalue weighted by atomic mass is 16.6. The number of nitrogens with zero attached hydrogens (tertiary/aromatic N) is 2. The summed E-state index contributed by atoms with van der Waals surface area (Å²) in [5, 5.41) is 8.60. The molecule has 7 nitrogen and oxygen atoms in total. The molecule has 0 saturated carbocycles. The van der Waals surface area contributed by atoms with Gasteiger partial charge in [-0.2, -0.15) is 0 Å². The van der Waals surface area contributed by atoms with Crippen molar-refractivity contribution in [3.8, 4) is 51.7 Å². The highest BCUT2D eigenvalue weighted by Gasteiger charge is 2.35. The van der Waals surface area contributed by atoms with Crippen molar-refractivity contribution >= 4 is 0 Å². The molecule has 1 aromatic heterocycles. The van der Waals surface area contributed by atoms with Crippen LogP contribution in [0.4, 0.5) is 0 Å². The smallest absolute Gasteiger partial charge is 0.248 e. The summed E-state index contributed by atoms with van der Waals surface area (Å²) < 4.78 is 29.9. The molecule has 0 amide bonds. The van der Waals surface area contributed by atoms with Crippen LogP contribution in [0.2, 0.25) is 0 Å². The van der Waals surface area contributed by atoms with Gasteiger partial charge in [-0.1, -0.05) is 39.3 Å². The number of epoxide rings is 1. The Labute approximate surface area is 284 Å². The van der Waals surface area contributed by atoms with Crippen LogP contribution < -0.4 is 14.2 Å². The van der Waals surface area contributed by atoms with Gasteiger partial charge in [-0.15, -0.1) is 10.2 Å². The molecular formula is C41H46N2O5. The van der Waals surface area contributed by atoms with Crippen LogP contribution in [-0.2, 0) is 10.2 Å². The SMILES string of the molecule is CCCC(C)(CC)c1ccc(-c2nnc(-c3ccc(Oc4ccc(Oc5ccc(OC(C)(C)CCC6OC6C)cc5)cc4)cc3)o2)cc1. The summed E-state index contributed by atoms with van der Waals surface area (Å²) in [4.78, 5) is 0. The van der Waals surface area contributed by atoms with E-state index in [4.69, 9.17) is 23.4 Å². The second-order valence-electron chi connectivity index (χ2n) is 13.6. The van der Waals surface area contributed by atoms with Crippen LogP contribution in [0.25, 0.3) is 22.9 Å². The quantitative estimate of drug-likeness (QED) is 0.105. The minimum atomic E-state index is -0.265. The van der Waals surface area contributed by atoms with Gasteiger partial charge in [0.05, 0.1) is 12.2 Å². The first-order valence-corrected chi connectivity index (χ1v) is 17.1. The topological polar surface area (TPSA) is 79.1 Å². The van der Waals surface area contributed by atoms with Gasteiger partial charge in [0.1, 0.15) is 34.3 Å². The molecule has 1 saturated heterocycles. The molecule has 0 aliphatic carbocycles. The van der Waals surface area contributed by atoms with E-state index in [1.54, 1.807) is 0 Å². The molecule has 7 heteroatoms. The number of hydrogen-bond acceptors (Lipinski definition) is 7. The largest absolute Gasteiger partial charge is 0.488 e. The summed E-state index contributed by atoms with van der Waals surface area (Å²) in [6.45, 7) is 13.2. The molecule has 250 valence electrons. The van der Waals surface area contributed by atoms with Gasteiger partial charge in [0.25, 0.3) is 0 Å². The predicted molar refractivity (Wildman–Crippen MR) is 189 cm³/mol. The fraction of sp³-hybridized carbons (Fsp3) is 0.366. The van der Waals surface area contributed by atoms with Crippen LogP contribution in [-0.4, -0.2) is 28.0 Å². The zero-order valence-electron chi connectivity index (χ0n) is 28.9. The molecule has 5 aromatic rings. The van der Waals surface area contributed by atoms with Crippen molar-refractivity contribution in [3.05, 3.63) is 103 Å². The zero-order valence-corrected chi connectivity index (χ0v) is 28.9. The molecule has 1 fully saturated rings. The number of hydrogen-bond donors (Lipinski definition) is 0. The fourth-order valence-electron chi connectivity index (χ4n) is 6.03. The third-order valence-electron chi connectivity index (χ3n) is 9.32. The van der Waals surface area contributed by atoms with Gasteiger partial charge in [-0.05, 0) is 142 Å². The lowest BCUT2D eigenvalue weighted by molar-refractivity contribution is 0.0939. The Morgan fingerprint density at radius 1 is 0.625 bits per heavy atom. The van der Waals surface area contributed by atoms with Gasteiger partial charge in [-0.25, -0.2) is 0 Å². The Hall–Kier alpha value is -4.62. The third kappa shape index (κ3) is 8.26. The van der Waals surface area contributed by atoms with Crippen LogP contribution in [0, 0.1) is 0 Å². The predicted octanol–water partition coefficient (Wildman–Crippen LogP) is 11.2. The van der Waals surface area contributed by atoms with Crippen LogP contribution in [0.3, 0.4) is 0 Å². The van der Waals surface area contributed by atoms with Gasteiger partial charge in [0.2, 0.25) is 11.8 Å². The van der Waals surface area contributed by atoms with E-state index in [1.165, 1.54) is 5.56 Å². The van der Waals surface area contributed by atoms with E-state index in [1.807, 2.05) is 72.8 Å². The van der Waals surface area contributed by atoms with Crippen molar-refractivity contribution in [2.45, 2.75) is 96.9 Å². The highest BCUT2D eigenvalue weighted by molar-refractivity contribution is 5.59. The maximum atomic E-state index is 6.23. The van der Waals surface area contributed by atoms with Crippen molar-refractivity contribution < 1.29 is 23.4 Å². The first kappa shape index (κ1) is 33.3. The first-order valence-electron chi connectivity index (χ1n) is 17.1. The van der Waals surface area contributed by atoms with Gasteiger partial charge < -0.3 is 23.4 Å². The summed E-state index contributed by atoms with van der Waals surface area (Å²) >= 11 is 0. The van der Waals surface area contributed by atoms with Crippen molar-refractivity contribution in [1.82, 2.24) is 10.2 Å². The standard InChI is InChI=1S/C41H46N2O5/c1-7-26-41(6,8-2)31-13-9-29(10-14-31)38-42-43-39(47-38)30-11-15-32(16-12-30)45-33-17-19-34(20-18-33)46-35-21-23-36(24-22-35)48-40(4,5)27-25-37-28(3)44-37/h9-24,28,37H,7-8,25-27H2,1-6H3. The van der Waals surface area contributed by atoms with Gasteiger partial charge >= 0.3 is 0 Å². The molecule has 6 rings (SSSR count). The molecule has 1 aliphatic rings. The third-order valence-corrected chi connectivity index (χ3v) is 9.32. The molecular weight excluding hydrogens is 600 g/mol. The van der Waals surface area contributed by atoms with Crippen LogP contribution in [0.5, 0.6) is 28.7 Å². The number of ether oxygens (including phenoxy) is 4. The molecule has 0 N–H and O–H groups in total. The van der Waals surface area contributed by atoms with Crippen LogP contribution in [0.15, 0.2) is 101 Å². The second kappa shape index (κ2) is 14.2. The van der Waals surface area contributed by atoms with Crippen LogP contribution in [0.1, 0.15) is 79.2 Å². The molecule has 4 aromatic carbocycles. The average Bonchev–Trinajstić information content (AvgIpc) is 3.58. The Balaban J connectivity index is 1.01. The summed E-state index contributed by atoms with van der Waals surface area (Å²) in [5.41, 5.74) is 2.99. The normalized spacial score (nSPS) is 17.0. The van der Waals surface area contributed by atoms with E-state index in [0.29, 0.717) is 41.2 Å². The summed E-state index contributed by atoms with van der Waals surface area (Å²) in [7, 11) is 0. The van der Waals surface area contributed by atoms with Crippen LogP contribution >= 0.6 is 0 Å². The molecule has 0 bridgehead atoms. The molecule has 3 atom stereocenters. The van der Waals surface area contributed by atoms with E-state index in [9.17, 15) is 0 Å². The monoisotopic (exact) mass is 646 g/mol. The Kier molecular flexibility index (Phi) is 9.88. The Morgan fingerprint density at radius 2 is 1.06 bits per heavy atom. The lowest BCUT2D eigenvalue weighted by Crippen LogP contribution is -2.28. The van der Waals surface area contributed by atoms with Crippen molar-refractivity contribution in [2.24, 2.45) is 0 Å². The Bertz CT molecular complexity index is 1760.